The van der Waals surface area contributed by atoms with E-state index in [0.29, 0.717) is 21.4 Å². The molecular formula is C14H10Cl2N2S. The first-order valence-electron chi connectivity index (χ1n) is 5.76. The number of rotatable bonds is 2. The molecule has 0 saturated carbocycles. The van der Waals surface area contributed by atoms with E-state index >= 15 is 0 Å². The van der Waals surface area contributed by atoms with Crippen LogP contribution < -0.4 is 0 Å². The second-order valence-electron chi connectivity index (χ2n) is 4.29. The molecule has 0 aliphatic carbocycles. The Hall–Kier alpha value is -1.29. The minimum atomic E-state index is 0.525. The summed E-state index contributed by atoms with van der Waals surface area (Å²) in [6.07, 6.45) is 0. The Morgan fingerprint density at radius 2 is 1.74 bits per heavy atom. The predicted molar refractivity (Wildman–Crippen MR) is 82.7 cm³/mol. The number of hydrogen-bond acceptors (Lipinski definition) is 1. The summed E-state index contributed by atoms with van der Waals surface area (Å²) in [5.41, 5.74) is 3.05. The highest BCUT2D eigenvalue weighted by atomic mass is 35.5. The molecule has 3 rings (SSSR count). The molecule has 19 heavy (non-hydrogen) atoms. The molecule has 1 N–H and O–H groups in total. The maximum absolute atomic E-state index is 6.08. The van der Waals surface area contributed by atoms with E-state index in [-0.39, 0.29) is 0 Å². The lowest BCUT2D eigenvalue weighted by atomic mass is 10.2. The van der Waals surface area contributed by atoms with Gasteiger partial charge in [-0.15, -0.1) is 0 Å². The summed E-state index contributed by atoms with van der Waals surface area (Å²) in [5.74, 6) is 0. The number of fused-ring (bicyclic) bond motifs is 1. The van der Waals surface area contributed by atoms with Crippen molar-refractivity contribution in [2.75, 3.05) is 0 Å². The number of hydrogen-bond donors (Lipinski definition) is 1. The van der Waals surface area contributed by atoms with Crippen molar-refractivity contribution in [3.63, 3.8) is 0 Å². The van der Waals surface area contributed by atoms with E-state index in [2.05, 4.69) is 17.1 Å². The van der Waals surface area contributed by atoms with Crippen molar-refractivity contribution in [1.29, 1.82) is 0 Å². The Balaban J connectivity index is 2.16. The second-order valence-corrected chi connectivity index (χ2v) is 5.49. The summed E-state index contributed by atoms with van der Waals surface area (Å²) < 4.78 is 2.68. The lowest BCUT2D eigenvalue weighted by molar-refractivity contribution is 0.810. The highest BCUT2D eigenvalue weighted by molar-refractivity contribution is 7.71. The van der Waals surface area contributed by atoms with Crippen LogP contribution in [0.1, 0.15) is 5.56 Å². The van der Waals surface area contributed by atoms with Gasteiger partial charge in [-0.05, 0) is 29.9 Å². The number of imidazole rings is 1. The standard InChI is InChI=1S/C14H10Cl2N2S/c15-10-6-12-13(7-11(10)16)18(14(19)17-12)8-9-4-2-1-3-5-9/h1-7H,8H2,(H,17,19). The molecule has 0 aliphatic heterocycles. The van der Waals surface area contributed by atoms with E-state index in [0.717, 1.165) is 11.0 Å². The first-order chi connectivity index (χ1) is 9.15. The molecule has 0 radical (unpaired) electrons. The number of H-pyrrole nitrogens is 1. The zero-order valence-corrected chi connectivity index (χ0v) is 12.2. The third-order valence-electron chi connectivity index (χ3n) is 3.00. The van der Waals surface area contributed by atoms with E-state index < -0.39 is 0 Å². The van der Waals surface area contributed by atoms with Crippen molar-refractivity contribution in [2.45, 2.75) is 6.54 Å². The van der Waals surface area contributed by atoms with Gasteiger partial charge in [0.1, 0.15) is 0 Å². The van der Waals surface area contributed by atoms with E-state index in [9.17, 15) is 0 Å². The molecule has 0 fully saturated rings. The summed E-state index contributed by atoms with van der Waals surface area (Å²) in [6, 6.07) is 13.8. The van der Waals surface area contributed by atoms with Crippen LogP contribution in [-0.2, 0) is 6.54 Å². The molecule has 0 unspecified atom stereocenters. The van der Waals surface area contributed by atoms with Crippen LogP contribution in [-0.4, -0.2) is 9.55 Å². The van der Waals surface area contributed by atoms with Crippen LogP contribution in [0, 0.1) is 4.77 Å². The quantitative estimate of drug-likeness (QED) is 0.657. The van der Waals surface area contributed by atoms with Gasteiger partial charge >= 0.3 is 0 Å². The molecule has 2 aromatic carbocycles. The highest BCUT2D eigenvalue weighted by Gasteiger charge is 2.08. The SMILES string of the molecule is S=c1[nH]c2cc(Cl)c(Cl)cc2n1Cc1ccccc1. The van der Waals surface area contributed by atoms with Gasteiger partial charge in [0.2, 0.25) is 0 Å². The minimum Gasteiger partial charge on any atom is -0.331 e. The van der Waals surface area contributed by atoms with Gasteiger partial charge < -0.3 is 9.55 Å². The molecule has 5 heteroatoms. The van der Waals surface area contributed by atoms with Crippen LogP contribution in [0.3, 0.4) is 0 Å². The van der Waals surface area contributed by atoms with Crippen molar-refractivity contribution in [3.05, 3.63) is 62.8 Å². The summed E-state index contributed by atoms with van der Waals surface area (Å²) in [5, 5.41) is 1.06. The molecule has 3 aromatic rings. The molecular weight excluding hydrogens is 299 g/mol. The molecule has 0 bridgehead atoms. The molecule has 96 valence electrons. The molecule has 0 atom stereocenters. The minimum absolute atomic E-state index is 0.525. The Morgan fingerprint density at radius 3 is 2.47 bits per heavy atom. The number of aromatic nitrogens is 2. The van der Waals surface area contributed by atoms with Gasteiger partial charge in [0.25, 0.3) is 0 Å². The van der Waals surface area contributed by atoms with Crippen molar-refractivity contribution in [3.8, 4) is 0 Å². The molecule has 0 aliphatic rings. The zero-order valence-electron chi connectivity index (χ0n) is 9.86. The molecule has 2 nitrogen and oxygen atoms in total. The maximum Gasteiger partial charge on any atom is 0.178 e. The smallest absolute Gasteiger partial charge is 0.178 e. The van der Waals surface area contributed by atoms with Gasteiger partial charge in [0.05, 0.1) is 27.6 Å². The van der Waals surface area contributed by atoms with Crippen LogP contribution >= 0.6 is 35.4 Å². The van der Waals surface area contributed by atoms with E-state index in [4.69, 9.17) is 35.4 Å². The molecule has 0 amide bonds. The lowest BCUT2D eigenvalue weighted by Gasteiger charge is -2.05. The van der Waals surface area contributed by atoms with Gasteiger partial charge in [-0.3, -0.25) is 0 Å². The first kappa shape index (κ1) is 12.7. The van der Waals surface area contributed by atoms with Crippen molar-refractivity contribution >= 4 is 46.5 Å². The third kappa shape index (κ3) is 2.41. The topological polar surface area (TPSA) is 20.7 Å². The summed E-state index contributed by atoms with van der Waals surface area (Å²) in [4.78, 5) is 3.15. The van der Waals surface area contributed by atoms with Crippen LogP contribution in [0.15, 0.2) is 42.5 Å². The molecule has 0 saturated heterocycles. The highest BCUT2D eigenvalue weighted by Crippen LogP contribution is 2.28. The Labute approximate surface area is 125 Å². The zero-order chi connectivity index (χ0) is 13.4. The van der Waals surface area contributed by atoms with E-state index in [1.54, 1.807) is 6.07 Å². The van der Waals surface area contributed by atoms with Gasteiger partial charge in [0, 0.05) is 0 Å². The fourth-order valence-electron chi connectivity index (χ4n) is 2.07. The van der Waals surface area contributed by atoms with Crippen LogP contribution in [0.4, 0.5) is 0 Å². The van der Waals surface area contributed by atoms with Gasteiger partial charge in [-0.1, -0.05) is 53.5 Å². The summed E-state index contributed by atoms with van der Waals surface area (Å²) >= 11 is 17.5. The van der Waals surface area contributed by atoms with Gasteiger partial charge in [-0.2, -0.15) is 0 Å². The second kappa shape index (κ2) is 5.00. The maximum atomic E-state index is 6.08. The van der Waals surface area contributed by atoms with E-state index in [1.165, 1.54) is 5.56 Å². The lowest BCUT2D eigenvalue weighted by Crippen LogP contribution is -1.99. The van der Waals surface area contributed by atoms with Crippen molar-refractivity contribution in [1.82, 2.24) is 9.55 Å². The van der Waals surface area contributed by atoms with Gasteiger partial charge in [-0.25, -0.2) is 0 Å². The molecule has 1 heterocycles. The third-order valence-corrected chi connectivity index (χ3v) is 4.04. The predicted octanol–water partition coefficient (Wildman–Crippen LogP) is 5.05. The molecule has 0 spiro atoms. The Bertz CT molecular complexity index is 790. The Kier molecular flexibility index (Phi) is 3.35. The number of nitrogens with one attached hydrogen (secondary N) is 1. The largest absolute Gasteiger partial charge is 0.331 e. The average molecular weight is 309 g/mol. The first-order valence-corrected chi connectivity index (χ1v) is 6.93. The van der Waals surface area contributed by atoms with Gasteiger partial charge in [0.15, 0.2) is 4.77 Å². The number of halogens is 2. The average Bonchev–Trinajstić information content (AvgIpc) is 2.68. The summed E-state index contributed by atoms with van der Waals surface area (Å²) in [7, 11) is 0. The van der Waals surface area contributed by atoms with Crippen LogP contribution in [0.5, 0.6) is 0 Å². The fourth-order valence-corrected chi connectivity index (χ4v) is 2.67. The normalized spacial score (nSPS) is 11.1. The van der Waals surface area contributed by atoms with E-state index in [1.807, 2.05) is 28.8 Å². The Morgan fingerprint density at radius 1 is 1.05 bits per heavy atom. The number of aromatic amines is 1. The fraction of sp³-hybridized carbons (Fsp3) is 0.0714. The van der Waals surface area contributed by atoms with Crippen molar-refractivity contribution in [2.24, 2.45) is 0 Å². The number of nitrogens with zero attached hydrogens (tertiary/aromatic N) is 1. The van der Waals surface area contributed by atoms with Crippen molar-refractivity contribution < 1.29 is 0 Å². The van der Waals surface area contributed by atoms with Crippen LogP contribution in [0.25, 0.3) is 11.0 Å². The molecule has 1 aromatic heterocycles. The summed E-state index contributed by atoms with van der Waals surface area (Å²) in [6.45, 7) is 0.706. The van der Waals surface area contributed by atoms with Crippen LogP contribution in [0.2, 0.25) is 10.0 Å². The monoisotopic (exact) mass is 308 g/mol. The number of benzene rings is 2.